The van der Waals surface area contributed by atoms with Crippen molar-refractivity contribution in [2.75, 3.05) is 10.6 Å². The lowest BCUT2D eigenvalue weighted by molar-refractivity contribution is -0.118. The van der Waals surface area contributed by atoms with Crippen LogP contribution in [0.1, 0.15) is 13.8 Å². The van der Waals surface area contributed by atoms with E-state index in [1.165, 1.54) is 0 Å². The summed E-state index contributed by atoms with van der Waals surface area (Å²) in [7, 11) is 0. The number of H-pyrrole nitrogens is 1. The summed E-state index contributed by atoms with van der Waals surface area (Å²) in [5.41, 5.74) is 5.15. The molecule has 0 aliphatic carbocycles. The van der Waals surface area contributed by atoms with Gasteiger partial charge in [-0.2, -0.15) is 0 Å². The number of nitrogens with zero attached hydrogens (tertiary/aromatic N) is 3. The molecular weight excluding hydrogens is 352 g/mol. The summed E-state index contributed by atoms with van der Waals surface area (Å²) in [6.45, 7) is 3.72. The average molecular weight is 372 g/mol. The van der Waals surface area contributed by atoms with E-state index < -0.39 is 0 Å². The molecule has 0 unspecified atom stereocenters. The minimum absolute atomic E-state index is 0.0239. The molecule has 0 bridgehead atoms. The molecule has 0 aliphatic heterocycles. The molecule has 28 heavy (non-hydrogen) atoms. The first-order valence-electron chi connectivity index (χ1n) is 9.03. The van der Waals surface area contributed by atoms with Crippen molar-refractivity contribution in [1.29, 1.82) is 0 Å². The molecule has 0 atom stereocenters. The van der Waals surface area contributed by atoms with Crippen molar-refractivity contribution in [1.82, 2.24) is 19.9 Å². The molecule has 7 heteroatoms. The SMILES string of the molecule is CC(C)C(=O)Nc1cccc(Nc2nccc(-c3ccc4[nH]cnc4c3)n2)c1. The fourth-order valence-electron chi connectivity index (χ4n) is 2.76. The second-order valence-electron chi connectivity index (χ2n) is 6.75. The number of hydrogen-bond acceptors (Lipinski definition) is 5. The highest BCUT2D eigenvalue weighted by Crippen LogP contribution is 2.23. The third-order valence-electron chi connectivity index (χ3n) is 4.28. The standard InChI is InChI=1S/C21H20N6O/c1-13(2)20(28)25-15-4-3-5-16(11-15)26-21-22-9-8-17(27-21)14-6-7-18-19(10-14)24-12-23-18/h3-13H,1-2H3,(H,23,24)(H,25,28)(H,22,26,27). The molecule has 0 saturated heterocycles. The van der Waals surface area contributed by atoms with E-state index in [1.807, 2.05) is 62.4 Å². The number of nitrogens with one attached hydrogen (secondary N) is 3. The summed E-state index contributed by atoms with van der Waals surface area (Å²) in [5, 5.41) is 6.08. The van der Waals surface area contributed by atoms with E-state index in [1.54, 1.807) is 12.5 Å². The van der Waals surface area contributed by atoms with Gasteiger partial charge in [0, 0.05) is 29.1 Å². The van der Waals surface area contributed by atoms with E-state index in [9.17, 15) is 4.79 Å². The lowest BCUT2D eigenvalue weighted by Gasteiger charge is -2.10. The molecule has 0 fully saturated rings. The Bertz CT molecular complexity index is 1130. The Labute approximate surface area is 162 Å². The predicted octanol–water partition coefficient (Wildman–Crippen LogP) is 4.36. The molecule has 2 aromatic heterocycles. The first kappa shape index (κ1) is 17.7. The Balaban J connectivity index is 1.56. The highest BCUT2D eigenvalue weighted by Gasteiger charge is 2.08. The third kappa shape index (κ3) is 3.83. The Hall–Kier alpha value is -3.74. The fraction of sp³-hybridized carbons (Fsp3) is 0.143. The van der Waals surface area contributed by atoms with E-state index in [4.69, 9.17) is 0 Å². The highest BCUT2D eigenvalue weighted by molar-refractivity contribution is 5.92. The van der Waals surface area contributed by atoms with Crippen LogP contribution < -0.4 is 10.6 Å². The number of carbonyl (C=O) groups excluding carboxylic acids is 1. The normalized spacial score (nSPS) is 11.0. The number of aromatic amines is 1. The van der Waals surface area contributed by atoms with Gasteiger partial charge < -0.3 is 15.6 Å². The Morgan fingerprint density at radius 1 is 1.04 bits per heavy atom. The Kier molecular flexibility index (Phi) is 4.72. The molecule has 4 rings (SSSR count). The maximum atomic E-state index is 11.9. The van der Waals surface area contributed by atoms with Crippen LogP contribution >= 0.6 is 0 Å². The van der Waals surface area contributed by atoms with Crippen molar-refractivity contribution < 1.29 is 4.79 Å². The zero-order chi connectivity index (χ0) is 19.5. The molecule has 2 heterocycles. The molecular formula is C21H20N6O. The number of anilines is 3. The summed E-state index contributed by atoms with van der Waals surface area (Å²) < 4.78 is 0. The second-order valence-corrected chi connectivity index (χ2v) is 6.75. The molecule has 2 aromatic carbocycles. The Morgan fingerprint density at radius 2 is 1.89 bits per heavy atom. The van der Waals surface area contributed by atoms with E-state index in [2.05, 4.69) is 30.6 Å². The molecule has 4 aromatic rings. The Morgan fingerprint density at radius 3 is 2.75 bits per heavy atom. The van der Waals surface area contributed by atoms with Crippen molar-refractivity contribution in [3.05, 3.63) is 61.1 Å². The van der Waals surface area contributed by atoms with Crippen molar-refractivity contribution in [2.24, 2.45) is 5.92 Å². The van der Waals surface area contributed by atoms with Gasteiger partial charge in [0.2, 0.25) is 11.9 Å². The van der Waals surface area contributed by atoms with Crippen molar-refractivity contribution in [3.8, 4) is 11.3 Å². The van der Waals surface area contributed by atoms with Crippen LogP contribution in [0.15, 0.2) is 61.1 Å². The van der Waals surface area contributed by atoms with Gasteiger partial charge in [-0.25, -0.2) is 15.0 Å². The first-order valence-corrected chi connectivity index (χ1v) is 9.03. The monoisotopic (exact) mass is 372 g/mol. The maximum Gasteiger partial charge on any atom is 0.227 e. The van der Waals surface area contributed by atoms with Crippen LogP contribution in [-0.2, 0) is 4.79 Å². The molecule has 0 spiro atoms. The number of aromatic nitrogens is 4. The molecule has 0 aliphatic rings. The van der Waals surface area contributed by atoms with E-state index in [0.717, 1.165) is 33.7 Å². The van der Waals surface area contributed by atoms with Crippen LogP contribution in [0.4, 0.5) is 17.3 Å². The lowest BCUT2D eigenvalue weighted by atomic mass is 10.1. The van der Waals surface area contributed by atoms with E-state index in [0.29, 0.717) is 5.95 Å². The summed E-state index contributed by atoms with van der Waals surface area (Å²) in [6, 6.07) is 15.3. The van der Waals surface area contributed by atoms with Crippen LogP contribution in [0.2, 0.25) is 0 Å². The number of fused-ring (bicyclic) bond motifs is 1. The zero-order valence-electron chi connectivity index (χ0n) is 15.6. The van der Waals surface area contributed by atoms with Crippen molar-refractivity contribution in [3.63, 3.8) is 0 Å². The molecule has 140 valence electrons. The fourth-order valence-corrected chi connectivity index (χ4v) is 2.76. The number of amides is 1. The third-order valence-corrected chi connectivity index (χ3v) is 4.28. The van der Waals surface area contributed by atoms with Gasteiger partial charge in [0.25, 0.3) is 0 Å². The van der Waals surface area contributed by atoms with Gasteiger partial charge in [-0.1, -0.05) is 26.0 Å². The predicted molar refractivity (Wildman–Crippen MR) is 110 cm³/mol. The molecule has 7 nitrogen and oxygen atoms in total. The van der Waals surface area contributed by atoms with E-state index in [-0.39, 0.29) is 11.8 Å². The zero-order valence-corrected chi connectivity index (χ0v) is 15.6. The van der Waals surface area contributed by atoms with Gasteiger partial charge in [0.05, 0.1) is 23.1 Å². The summed E-state index contributed by atoms with van der Waals surface area (Å²) >= 11 is 0. The van der Waals surface area contributed by atoms with E-state index >= 15 is 0 Å². The number of benzene rings is 2. The van der Waals surface area contributed by atoms with Crippen LogP contribution in [0.3, 0.4) is 0 Å². The van der Waals surface area contributed by atoms with Gasteiger partial charge in [-0.05, 0) is 36.4 Å². The van der Waals surface area contributed by atoms with Crippen molar-refractivity contribution >= 4 is 34.3 Å². The van der Waals surface area contributed by atoms with Crippen LogP contribution in [0.25, 0.3) is 22.3 Å². The summed E-state index contributed by atoms with van der Waals surface area (Å²) in [4.78, 5) is 28.2. The van der Waals surface area contributed by atoms with Crippen LogP contribution in [0.5, 0.6) is 0 Å². The largest absolute Gasteiger partial charge is 0.345 e. The lowest BCUT2D eigenvalue weighted by Crippen LogP contribution is -2.17. The van der Waals surface area contributed by atoms with Gasteiger partial charge in [0.15, 0.2) is 0 Å². The van der Waals surface area contributed by atoms with Gasteiger partial charge in [0.1, 0.15) is 0 Å². The van der Waals surface area contributed by atoms with Gasteiger partial charge in [-0.15, -0.1) is 0 Å². The quantitative estimate of drug-likeness (QED) is 0.484. The first-order chi connectivity index (χ1) is 13.6. The highest BCUT2D eigenvalue weighted by atomic mass is 16.1. The maximum absolute atomic E-state index is 11.9. The molecule has 3 N–H and O–H groups in total. The van der Waals surface area contributed by atoms with Crippen LogP contribution in [-0.4, -0.2) is 25.8 Å². The topological polar surface area (TPSA) is 95.6 Å². The summed E-state index contributed by atoms with van der Waals surface area (Å²) in [5.74, 6) is 0.375. The van der Waals surface area contributed by atoms with Crippen LogP contribution in [0, 0.1) is 5.92 Å². The molecule has 1 amide bonds. The summed E-state index contributed by atoms with van der Waals surface area (Å²) in [6.07, 6.45) is 3.39. The van der Waals surface area contributed by atoms with Gasteiger partial charge >= 0.3 is 0 Å². The smallest absolute Gasteiger partial charge is 0.227 e. The number of imidazole rings is 1. The number of carbonyl (C=O) groups is 1. The molecule has 0 radical (unpaired) electrons. The number of hydrogen-bond donors (Lipinski definition) is 3. The van der Waals surface area contributed by atoms with Gasteiger partial charge in [-0.3, -0.25) is 4.79 Å². The minimum Gasteiger partial charge on any atom is -0.345 e. The molecule has 0 saturated carbocycles. The number of rotatable bonds is 5. The van der Waals surface area contributed by atoms with Crippen molar-refractivity contribution in [2.45, 2.75) is 13.8 Å². The average Bonchev–Trinajstić information content (AvgIpc) is 3.16. The second kappa shape index (κ2) is 7.48. The minimum atomic E-state index is -0.0801.